The van der Waals surface area contributed by atoms with E-state index in [0.717, 1.165) is 12.1 Å². The number of aliphatic carboxylic acids is 1. The van der Waals surface area contributed by atoms with Crippen molar-refractivity contribution in [3.8, 4) is 0 Å². The second-order valence-electron chi connectivity index (χ2n) is 7.73. The standard InChI is InChI=1S/C21H23FN2O6S/c22-18-7-3-16(4-8-18)14-23(13-15-1-5-17(6-2-15)21(25)26)31(29,30)20-11-9-19(10-12-20)24(27)28/h3-4,7-12,15,17H,1-2,5-6,13-14H2,(H,25,26). The van der Waals surface area contributed by atoms with Gasteiger partial charge in [-0.3, -0.25) is 14.9 Å². The first kappa shape index (κ1) is 22.8. The summed E-state index contributed by atoms with van der Waals surface area (Å²) in [6.45, 7) is 0.196. The van der Waals surface area contributed by atoms with Crippen molar-refractivity contribution in [2.24, 2.45) is 11.8 Å². The quantitative estimate of drug-likeness (QED) is 0.483. The van der Waals surface area contributed by atoms with Gasteiger partial charge >= 0.3 is 5.97 Å². The average molecular weight is 450 g/mol. The van der Waals surface area contributed by atoms with Crippen LogP contribution in [0.25, 0.3) is 0 Å². The summed E-state index contributed by atoms with van der Waals surface area (Å²) in [6.07, 6.45) is 2.16. The molecule has 2 aromatic rings. The molecule has 1 aliphatic carbocycles. The van der Waals surface area contributed by atoms with E-state index in [2.05, 4.69) is 0 Å². The van der Waals surface area contributed by atoms with Crippen LogP contribution in [-0.4, -0.2) is 35.3 Å². The van der Waals surface area contributed by atoms with Crippen LogP contribution in [0.15, 0.2) is 53.4 Å². The Kier molecular flexibility index (Phi) is 7.01. The fourth-order valence-corrected chi connectivity index (χ4v) is 5.31. The van der Waals surface area contributed by atoms with Crippen molar-refractivity contribution in [2.75, 3.05) is 6.54 Å². The molecule has 31 heavy (non-hydrogen) atoms. The molecule has 0 saturated heterocycles. The first-order chi connectivity index (χ1) is 14.7. The van der Waals surface area contributed by atoms with E-state index in [1.165, 1.54) is 40.7 Å². The number of nitro groups is 1. The predicted octanol–water partition coefficient (Wildman–Crippen LogP) is 3.82. The van der Waals surface area contributed by atoms with E-state index in [1.54, 1.807) is 0 Å². The van der Waals surface area contributed by atoms with Gasteiger partial charge in [0.1, 0.15) is 5.82 Å². The molecule has 8 nitrogen and oxygen atoms in total. The van der Waals surface area contributed by atoms with Gasteiger partial charge in [-0.05, 0) is 61.4 Å². The number of nitrogens with zero attached hydrogens (tertiary/aromatic N) is 2. The van der Waals surface area contributed by atoms with Crippen molar-refractivity contribution in [1.82, 2.24) is 4.31 Å². The lowest BCUT2D eigenvalue weighted by Crippen LogP contribution is -2.36. The third-order valence-corrected chi connectivity index (χ3v) is 7.44. The summed E-state index contributed by atoms with van der Waals surface area (Å²) in [7, 11) is -3.98. The Balaban J connectivity index is 1.84. The summed E-state index contributed by atoms with van der Waals surface area (Å²) in [5, 5.41) is 20.1. The summed E-state index contributed by atoms with van der Waals surface area (Å²) >= 11 is 0. The molecular weight excluding hydrogens is 427 g/mol. The topological polar surface area (TPSA) is 118 Å². The highest BCUT2D eigenvalue weighted by atomic mass is 32.2. The SMILES string of the molecule is O=C(O)C1CCC(CN(Cc2ccc(F)cc2)S(=O)(=O)c2ccc([N+](=O)[O-])cc2)CC1. The van der Waals surface area contributed by atoms with Crippen molar-refractivity contribution in [1.29, 1.82) is 0 Å². The zero-order valence-corrected chi connectivity index (χ0v) is 17.5. The second kappa shape index (κ2) is 9.52. The number of hydrogen-bond acceptors (Lipinski definition) is 5. The van der Waals surface area contributed by atoms with E-state index in [-0.39, 0.29) is 29.6 Å². The lowest BCUT2D eigenvalue weighted by molar-refractivity contribution is -0.384. The molecule has 0 atom stereocenters. The fraction of sp³-hybridized carbons (Fsp3) is 0.381. The minimum atomic E-state index is -3.98. The van der Waals surface area contributed by atoms with Gasteiger partial charge in [-0.25, -0.2) is 12.8 Å². The summed E-state index contributed by atoms with van der Waals surface area (Å²) in [5.74, 6) is -1.68. The van der Waals surface area contributed by atoms with Crippen LogP contribution >= 0.6 is 0 Å². The third-order valence-electron chi connectivity index (χ3n) is 5.62. The molecule has 166 valence electrons. The Hall–Kier alpha value is -2.85. The molecule has 0 radical (unpaired) electrons. The largest absolute Gasteiger partial charge is 0.481 e. The highest BCUT2D eigenvalue weighted by Crippen LogP contribution is 2.31. The monoisotopic (exact) mass is 450 g/mol. The number of carboxylic acid groups (broad SMARTS) is 1. The molecule has 2 aromatic carbocycles. The number of sulfonamides is 1. The molecule has 0 spiro atoms. The number of non-ortho nitro benzene ring substituents is 1. The molecule has 1 fully saturated rings. The highest BCUT2D eigenvalue weighted by molar-refractivity contribution is 7.89. The van der Waals surface area contributed by atoms with Crippen LogP contribution in [0, 0.1) is 27.8 Å². The number of rotatable bonds is 8. The smallest absolute Gasteiger partial charge is 0.306 e. The van der Waals surface area contributed by atoms with Gasteiger partial charge in [0.25, 0.3) is 5.69 Å². The molecular formula is C21H23FN2O6S. The first-order valence-electron chi connectivity index (χ1n) is 9.88. The molecule has 0 heterocycles. The third kappa shape index (κ3) is 5.65. The average Bonchev–Trinajstić information content (AvgIpc) is 2.75. The number of halogens is 1. The van der Waals surface area contributed by atoms with Crippen LogP contribution in [0.2, 0.25) is 0 Å². The summed E-state index contributed by atoms with van der Waals surface area (Å²) in [4.78, 5) is 21.4. The van der Waals surface area contributed by atoms with Gasteiger partial charge in [0.15, 0.2) is 0 Å². The van der Waals surface area contributed by atoms with Crippen molar-refractivity contribution in [2.45, 2.75) is 37.1 Å². The molecule has 0 unspecified atom stereocenters. The Labute approximate surface area is 179 Å². The second-order valence-corrected chi connectivity index (χ2v) is 9.67. The zero-order chi connectivity index (χ0) is 22.6. The lowest BCUT2D eigenvalue weighted by atomic mass is 9.82. The lowest BCUT2D eigenvalue weighted by Gasteiger charge is -2.31. The molecule has 0 aliphatic heterocycles. The minimum absolute atomic E-state index is 0.0103. The van der Waals surface area contributed by atoms with Crippen molar-refractivity contribution in [3.05, 3.63) is 70.0 Å². The molecule has 1 saturated carbocycles. The van der Waals surface area contributed by atoms with Gasteiger partial charge in [0, 0.05) is 25.2 Å². The van der Waals surface area contributed by atoms with E-state index in [0.29, 0.717) is 31.2 Å². The highest BCUT2D eigenvalue weighted by Gasteiger charge is 2.31. The first-order valence-corrected chi connectivity index (χ1v) is 11.3. The molecule has 0 aromatic heterocycles. The van der Waals surface area contributed by atoms with Crippen LogP contribution in [0.5, 0.6) is 0 Å². The van der Waals surface area contributed by atoms with E-state index < -0.39 is 32.7 Å². The van der Waals surface area contributed by atoms with Crippen LogP contribution in [0.3, 0.4) is 0 Å². The maximum Gasteiger partial charge on any atom is 0.306 e. The van der Waals surface area contributed by atoms with Gasteiger partial charge in [-0.2, -0.15) is 4.31 Å². The summed E-state index contributed by atoms with van der Waals surface area (Å²) in [6, 6.07) is 10.2. The van der Waals surface area contributed by atoms with Crippen molar-refractivity contribution < 1.29 is 27.6 Å². The van der Waals surface area contributed by atoms with Gasteiger partial charge in [-0.15, -0.1) is 0 Å². The molecule has 10 heteroatoms. The Morgan fingerprint density at radius 2 is 1.65 bits per heavy atom. The van der Waals surface area contributed by atoms with Gasteiger partial charge in [0.05, 0.1) is 15.7 Å². The molecule has 3 rings (SSSR count). The zero-order valence-electron chi connectivity index (χ0n) is 16.7. The van der Waals surface area contributed by atoms with Crippen LogP contribution < -0.4 is 0 Å². The molecule has 1 aliphatic rings. The van der Waals surface area contributed by atoms with E-state index >= 15 is 0 Å². The minimum Gasteiger partial charge on any atom is -0.481 e. The van der Waals surface area contributed by atoms with E-state index in [9.17, 15) is 32.8 Å². The number of nitro benzene ring substituents is 1. The molecule has 0 amide bonds. The van der Waals surface area contributed by atoms with Crippen molar-refractivity contribution >= 4 is 21.7 Å². The number of benzene rings is 2. The Bertz CT molecular complexity index is 1030. The fourth-order valence-electron chi connectivity index (χ4n) is 3.81. The normalized spacial score (nSPS) is 19.3. The van der Waals surface area contributed by atoms with Crippen molar-refractivity contribution in [3.63, 3.8) is 0 Å². The van der Waals surface area contributed by atoms with Gasteiger partial charge < -0.3 is 5.11 Å². The van der Waals surface area contributed by atoms with Crippen LogP contribution in [0.1, 0.15) is 31.2 Å². The molecule has 0 bridgehead atoms. The maximum atomic E-state index is 13.3. The predicted molar refractivity (Wildman–Crippen MR) is 110 cm³/mol. The molecule has 1 N–H and O–H groups in total. The van der Waals surface area contributed by atoms with Crippen LogP contribution in [0.4, 0.5) is 10.1 Å². The van der Waals surface area contributed by atoms with E-state index in [4.69, 9.17) is 0 Å². The Morgan fingerprint density at radius 1 is 1.06 bits per heavy atom. The van der Waals surface area contributed by atoms with Crippen LogP contribution in [-0.2, 0) is 21.4 Å². The number of carboxylic acids is 1. The number of hydrogen-bond donors (Lipinski definition) is 1. The Morgan fingerprint density at radius 3 is 2.16 bits per heavy atom. The summed E-state index contributed by atoms with van der Waals surface area (Å²) in [5.41, 5.74) is 0.391. The van der Waals surface area contributed by atoms with E-state index in [1.807, 2.05) is 0 Å². The van der Waals surface area contributed by atoms with Gasteiger partial charge in [-0.1, -0.05) is 12.1 Å². The maximum absolute atomic E-state index is 13.3. The summed E-state index contributed by atoms with van der Waals surface area (Å²) < 4.78 is 41.2. The van der Waals surface area contributed by atoms with Gasteiger partial charge in [0.2, 0.25) is 10.0 Å². The number of carbonyl (C=O) groups is 1.